The highest BCUT2D eigenvalue weighted by atomic mass is 35.5. The molecule has 1 unspecified atom stereocenters. The minimum absolute atomic E-state index is 0. The standard InChI is InChI=1S/C13H26N2.ClH/c14-10-13-8-4-5-9-15(13)11-12-6-2-1-3-7-12;/h12-13H,1-11,14H2;1H. The Labute approximate surface area is 106 Å². The fourth-order valence-corrected chi connectivity index (χ4v) is 3.27. The molecule has 1 heterocycles. The van der Waals surface area contributed by atoms with Crippen LogP contribution in [0.4, 0.5) is 0 Å². The third-order valence-corrected chi connectivity index (χ3v) is 4.24. The molecule has 2 rings (SSSR count). The van der Waals surface area contributed by atoms with Gasteiger partial charge in [0, 0.05) is 19.1 Å². The molecule has 2 aliphatic rings. The van der Waals surface area contributed by atoms with E-state index in [-0.39, 0.29) is 12.4 Å². The highest BCUT2D eigenvalue weighted by molar-refractivity contribution is 5.85. The molecule has 16 heavy (non-hydrogen) atoms. The van der Waals surface area contributed by atoms with Crippen LogP contribution in [0.1, 0.15) is 51.4 Å². The van der Waals surface area contributed by atoms with Crippen molar-refractivity contribution in [3.05, 3.63) is 0 Å². The molecule has 0 radical (unpaired) electrons. The third-order valence-electron chi connectivity index (χ3n) is 4.24. The molecule has 0 aromatic heterocycles. The number of rotatable bonds is 3. The van der Waals surface area contributed by atoms with Crippen LogP contribution in [0.5, 0.6) is 0 Å². The fourth-order valence-electron chi connectivity index (χ4n) is 3.27. The summed E-state index contributed by atoms with van der Waals surface area (Å²) in [5.74, 6) is 0.978. The van der Waals surface area contributed by atoms with E-state index < -0.39 is 0 Å². The Bertz CT molecular complexity index is 181. The van der Waals surface area contributed by atoms with Crippen LogP contribution >= 0.6 is 12.4 Å². The topological polar surface area (TPSA) is 29.3 Å². The summed E-state index contributed by atoms with van der Waals surface area (Å²) in [5.41, 5.74) is 5.86. The Balaban J connectivity index is 0.00000128. The Morgan fingerprint density at radius 3 is 2.31 bits per heavy atom. The maximum Gasteiger partial charge on any atom is 0.0218 e. The van der Waals surface area contributed by atoms with E-state index in [1.165, 1.54) is 64.5 Å². The van der Waals surface area contributed by atoms with Crippen molar-refractivity contribution in [2.45, 2.75) is 57.4 Å². The molecule has 1 atom stereocenters. The van der Waals surface area contributed by atoms with Crippen molar-refractivity contribution >= 4 is 12.4 Å². The van der Waals surface area contributed by atoms with Crippen LogP contribution in [0.25, 0.3) is 0 Å². The molecule has 0 amide bonds. The molecule has 0 aromatic carbocycles. The van der Waals surface area contributed by atoms with Gasteiger partial charge in [0.1, 0.15) is 0 Å². The highest BCUT2D eigenvalue weighted by Gasteiger charge is 2.24. The van der Waals surface area contributed by atoms with E-state index in [1.54, 1.807) is 0 Å². The number of halogens is 1. The molecule has 96 valence electrons. The van der Waals surface area contributed by atoms with Crippen LogP contribution < -0.4 is 5.73 Å². The lowest BCUT2D eigenvalue weighted by Gasteiger charge is -2.38. The molecule has 0 aromatic rings. The highest BCUT2D eigenvalue weighted by Crippen LogP contribution is 2.26. The van der Waals surface area contributed by atoms with E-state index in [0.29, 0.717) is 6.04 Å². The van der Waals surface area contributed by atoms with Crippen molar-refractivity contribution < 1.29 is 0 Å². The summed E-state index contributed by atoms with van der Waals surface area (Å²) in [4.78, 5) is 2.68. The maximum atomic E-state index is 5.86. The summed E-state index contributed by atoms with van der Waals surface area (Å²) in [6.45, 7) is 3.51. The van der Waals surface area contributed by atoms with Gasteiger partial charge in [-0.25, -0.2) is 0 Å². The van der Waals surface area contributed by atoms with Gasteiger partial charge >= 0.3 is 0 Å². The Kier molecular flexibility index (Phi) is 6.71. The van der Waals surface area contributed by atoms with Gasteiger partial charge in [-0.3, -0.25) is 4.90 Å². The molecule has 1 saturated carbocycles. The van der Waals surface area contributed by atoms with Crippen LogP contribution in [-0.4, -0.2) is 30.6 Å². The summed E-state index contributed by atoms with van der Waals surface area (Å²) >= 11 is 0. The summed E-state index contributed by atoms with van der Waals surface area (Å²) < 4.78 is 0. The molecule has 0 spiro atoms. The van der Waals surface area contributed by atoms with Gasteiger partial charge in [-0.05, 0) is 38.1 Å². The van der Waals surface area contributed by atoms with Gasteiger partial charge in [0.2, 0.25) is 0 Å². The number of nitrogens with zero attached hydrogens (tertiary/aromatic N) is 1. The first-order valence-corrected chi connectivity index (χ1v) is 6.84. The molecule has 0 bridgehead atoms. The first-order valence-electron chi connectivity index (χ1n) is 6.84. The van der Waals surface area contributed by atoms with Gasteiger partial charge in [0.15, 0.2) is 0 Å². The molecule has 2 fully saturated rings. The summed E-state index contributed by atoms with van der Waals surface area (Å²) in [7, 11) is 0. The van der Waals surface area contributed by atoms with E-state index in [1.807, 2.05) is 0 Å². The van der Waals surface area contributed by atoms with Gasteiger partial charge in [0.05, 0.1) is 0 Å². The van der Waals surface area contributed by atoms with Crippen LogP contribution in [0, 0.1) is 5.92 Å². The molecule has 2 nitrogen and oxygen atoms in total. The second kappa shape index (κ2) is 7.52. The zero-order valence-electron chi connectivity index (χ0n) is 10.4. The minimum Gasteiger partial charge on any atom is -0.329 e. The fraction of sp³-hybridized carbons (Fsp3) is 1.00. The predicted molar refractivity (Wildman–Crippen MR) is 72.1 cm³/mol. The number of nitrogens with two attached hydrogens (primary N) is 1. The average molecular weight is 247 g/mol. The summed E-state index contributed by atoms with van der Waals surface area (Å²) in [6.07, 6.45) is 11.4. The van der Waals surface area contributed by atoms with E-state index in [9.17, 15) is 0 Å². The van der Waals surface area contributed by atoms with Gasteiger partial charge in [-0.1, -0.05) is 25.7 Å². The van der Waals surface area contributed by atoms with Crippen LogP contribution in [0.15, 0.2) is 0 Å². The Morgan fingerprint density at radius 1 is 0.938 bits per heavy atom. The minimum atomic E-state index is 0. The zero-order valence-corrected chi connectivity index (χ0v) is 11.2. The number of hydrogen-bond acceptors (Lipinski definition) is 2. The van der Waals surface area contributed by atoms with E-state index in [0.717, 1.165) is 12.5 Å². The van der Waals surface area contributed by atoms with Gasteiger partial charge in [0.25, 0.3) is 0 Å². The van der Waals surface area contributed by atoms with Crippen molar-refractivity contribution in [1.29, 1.82) is 0 Å². The van der Waals surface area contributed by atoms with Crippen LogP contribution in [0.3, 0.4) is 0 Å². The van der Waals surface area contributed by atoms with Crippen molar-refractivity contribution in [1.82, 2.24) is 4.90 Å². The number of piperidine rings is 1. The lowest BCUT2D eigenvalue weighted by molar-refractivity contribution is 0.117. The Hall–Kier alpha value is 0.210. The lowest BCUT2D eigenvalue weighted by Crippen LogP contribution is -2.46. The van der Waals surface area contributed by atoms with Gasteiger partial charge < -0.3 is 5.73 Å². The maximum absolute atomic E-state index is 5.86. The first-order chi connectivity index (χ1) is 7.40. The Morgan fingerprint density at radius 2 is 1.62 bits per heavy atom. The summed E-state index contributed by atoms with van der Waals surface area (Å²) in [5, 5.41) is 0. The second-order valence-electron chi connectivity index (χ2n) is 5.38. The van der Waals surface area contributed by atoms with Crippen molar-refractivity contribution in [3.63, 3.8) is 0 Å². The molecular formula is C13H27ClN2. The second-order valence-corrected chi connectivity index (χ2v) is 5.38. The average Bonchev–Trinajstić information content (AvgIpc) is 2.31. The normalized spacial score (nSPS) is 28.7. The monoisotopic (exact) mass is 246 g/mol. The molecule has 1 saturated heterocycles. The van der Waals surface area contributed by atoms with Gasteiger partial charge in [-0.2, -0.15) is 0 Å². The lowest BCUT2D eigenvalue weighted by atomic mass is 9.88. The SMILES string of the molecule is Cl.NCC1CCCCN1CC1CCCCC1. The van der Waals surface area contributed by atoms with E-state index in [2.05, 4.69) is 4.90 Å². The molecular weight excluding hydrogens is 220 g/mol. The first kappa shape index (κ1) is 14.3. The van der Waals surface area contributed by atoms with E-state index >= 15 is 0 Å². The molecule has 1 aliphatic heterocycles. The quantitative estimate of drug-likeness (QED) is 0.830. The van der Waals surface area contributed by atoms with Gasteiger partial charge in [-0.15, -0.1) is 12.4 Å². The number of likely N-dealkylation sites (tertiary alicyclic amines) is 1. The largest absolute Gasteiger partial charge is 0.329 e. The summed E-state index contributed by atoms with van der Waals surface area (Å²) in [6, 6.07) is 0.695. The van der Waals surface area contributed by atoms with Crippen LogP contribution in [-0.2, 0) is 0 Å². The predicted octanol–water partition coefficient (Wildman–Crippen LogP) is 2.80. The van der Waals surface area contributed by atoms with Crippen molar-refractivity contribution in [3.8, 4) is 0 Å². The number of hydrogen-bond donors (Lipinski definition) is 1. The molecule has 1 aliphatic carbocycles. The zero-order chi connectivity index (χ0) is 10.5. The van der Waals surface area contributed by atoms with Crippen LogP contribution in [0.2, 0.25) is 0 Å². The van der Waals surface area contributed by atoms with E-state index in [4.69, 9.17) is 5.73 Å². The van der Waals surface area contributed by atoms with Crippen molar-refractivity contribution in [2.75, 3.05) is 19.6 Å². The third kappa shape index (κ3) is 3.90. The van der Waals surface area contributed by atoms with Crippen molar-refractivity contribution in [2.24, 2.45) is 11.7 Å². The molecule has 3 heteroatoms. The smallest absolute Gasteiger partial charge is 0.0218 e. The molecule has 2 N–H and O–H groups in total.